The molecule has 4 rings (SSSR count). The molecule has 0 amide bonds. The third-order valence-corrected chi connectivity index (χ3v) is 7.69. The van der Waals surface area contributed by atoms with Crippen LogP contribution in [0.3, 0.4) is 0 Å². The van der Waals surface area contributed by atoms with E-state index >= 15 is 0 Å². The highest BCUT2D eigenvalue weighted by molar-refractivity contribution is 5.93. The van der Waals surface area contributed by atoms with E-state index in [1.807, 2.05) is 0 Å². The lowest BCUT2D eigenvalue weighted by Crippen LogP contribution is -2.24. The zero-order valence-electron chi connectivity index (χ0n) is 25.3. The van der Waals surface area contributed by atoms with Crippen molar-refractivity contribution < 1.29 is 70.1 Å². The molecule has 0 saturated heterocycles. The molecule has 0 saturated carbocycles. The lowest BCUT2D eigenvalue weighted by atomic mass is 9.80. The number of carbonyl (C=O) groups is 2. The minimum absolute atomic E-state index is 0.124. The fraction of sp³-hybridized carbons (Fsp3) is 0.235. The third kappa shape index (κ3) is 8.29. The molecule has 0 spiro atoms. The quantitative estimate of drug-likeness (QED) is 0.0556. The number of aliphatic hydroxyl groups excluding tert-OH is 2. The molecule has 0 unspecified atom stereocenters. The number of aliphatic hydroxyl groups is 2. The predicted molar refractivity (Wildman–Crippen MR) is 167 cm³/mol. The molecule has 0 radical (unpaired) electrons. The van der Waals surface area contributed by atoms with Crippen LogP contribution in [0.4, 0.5) is 0 Å². The summed E-state index contributed by atoms with van der Waals surface area (Å²) in [6.45, 7) is -0.424. The predicted octanol–water partition coefficient (Wildman–Crippen LogP) is 3.55. The van der Waals surface area contributed by atoms with Gasteiger partial charge >= 0.3 is 11.9 Å². The monoisotopic (exact) mass is 666 g/mol. The average molecular weight is 667 g/mol. The molecule has 4 aromatic carbocycles. The third-order valence-electron chi connectivity index (χ3n) is 7.69. The van der Waals surface area contributed by atoms with E-state index < -0.39 is 52.4 Å². The highest BCUT2D eigenvalue weighted by atomic mass is 16.5. The molecule has 0 aliphatic heterocycles. The first kappa shape index (κ1) is 35.0. The Balaban J connectivity index is 1.52. The molecular weight excluding hydrogens is 632 g/mol. The Morgan fingerprint density at radius 1 is 0.542 bits per heavy atom. The highest BCUT2D eigenvalue weighted by Crippen LogP contribution is 2.38. The van der Waals surface area contributed by atoms with Crippen LogP contribution in [0.2, 0.25) is 0 Å². The number of esters is 2. The number of phenolic OH excluding ortho intramolecular Hbond substituents is 8. The maximum atomic E-state index is 12.7. The van der Waals surface area contributed by atoms with Gasteiger partial charge < -0.3 is 60.5 Å². The first-order valence-electron chi connectivity index (χ1n) is 14.6. The smallest absolute Gasteiger partial charge is 0.343 e. The van der Waals surface area contributed by atoms with Crippen LogP contribution >= 0.6 is 0 Å². The maximum Gasteiger partial charge on any atom is 0.343 e. The van der Waals surface area contributed by atoms with Gasteiger partial charge in [-0.15, -0.1) is 0 Å². The molecule has 10 N–H and O–H groups in total. The van der Waals surface area contributed by atoms with Crippen LogP contribution in [0.25, 0.3) is 0 Å². The molecule has 0 fully saturated rings. The lowest BCUT2D eigenvalue weighted by molar-refractivity contribution is 0.0719. The van der Waals surface area contributed by atoms with Crippen molar-refractivity contribution in [3.05, 3.63) is 82.9 Å². The van der Waals surface area contributed by atoms with Crippen LogP contribution in [-0.2, 0) is 12.8 Å². The number of ether oxygens (including phenoxy) is 2. The molecule has 0 heterocycles. The van der Waals surface area contributed by atoms with Crippen molar-refractivity contribution in [3.63, 3.8) is 0 Å². The zero-order chi connectivity index (χ0) is 35.1. The van der Waals surface area contributed by atoms with Crippen LogP contribution in [0.1, 0.15) is 44.7 Å². The van der Waals surface area contributed by atoms with Gasteiger partial charge in [-0.3, -0.25) is 0 Å². The van der Waals surface area contributed by atoms with Crippen molar-refractivity contribution >= 4 is 11.9 Å². The minimum Gasteiger partial charge on any atom is -0.504 e. The number of aromatic hydroxyl groups is 8. The summed E-state index contributed by atoms with van der Waals surface area (Å²) in [6, 6.07) is 12.1. The molecule has 48 heavy (non-hydrogen) atoms. The Labute approximate surface area is 273 Å². The summed E-state index contributed by atoms with van der Waals surface area (Å²) < 4.78 is 10.6. The second-order valence-electron chi connectivity index (χ2n) is 11.1. The van der Waals surface area contributed by atoms with Gasteiger partial charge in [0.25, 0.3) is 0 Å². The molecular formula is C34H34O14. The Bertz CT molecular complexity index is 1760. The van der Waals surface area contributed by atoms with Crippen molar-refractivity contribution in [1.82, 2.24) is 0 Å². The van der Waals surface area contributed by atoms with Gasteiger partial charge in [-0.2, -0.15) is 0 Å². The number of benzene rings is 4. The van der Waals surface area contributed by atoms with E-state index in [1.54, 1.807) is 12.1 Å². The average Bonchev–Trinajstić information content (AvgIpc) is 3.05. The number of carbonyl (C=O) groups excluding carboxylic acids is 2. The number of hydrogen-bond donors (Lipinski definition) is 10. The van der Waals surface area contributed by atoms with E-state index in [0.717, 1.165) is 24.3 Å². The summed E-state index contributed by atoms with van der Waals surface area (Å²) in [7, 11) is 0. The second kappa shape index (κ2) is 15.2. The van der Waals surface area contributed by atoms with Gasteiger partial charge in [0.1, 0.15) is 0 Å². The van der Waals surface area contributed by atoms with Crippen LogP contribution < -0.4 is 9.47 Å². The molecule has 0 aliphatic carbocycles. The largest absolute Gasteiger partial charge is 0.504 e. The Morgan fingerprint density at radius 2 is 0.938 bits per heavy atom. The van der Waals surface area contributed by atoms with Crippen molar-refractivity contribution in [1.29, 1.82) is 0 Å². The van der Waals surface area contributed by atoms with E-state index in [2.05, 4.69) is 0 Å². The van der Waals surface area contributed by atoms with E-state index in [1.165, 1.54) is 24.3 Å². The second-order valence-corrected chi connectivity index (χ2v) is 11.1. The Hall–Kier alpha value is -5.86. The summed E-state index contributed by atoms with van der Waals surface area (Å²) in [6.07, 6.45) is 1.37. The van der Waals surface area contributed by atoms with Gasteiger partial charge in [0, 0.05) is 13.2 Å². The fourth-order valence-electron chi connectivity index (χ4n) is 5.14. The summed E-state index contributed by atoms with van der Waals surface area (Å²) >= 11 is 0. The standard InChI is InChI=1S/C34H34O14/c35-7-1-2-19(8-17-3-5-23(37)29(10-17)47-33(45)20-12-25(39)31(43)26(40)13-20)22(16-36)9-18-4-6-24(38)30(11-18)48-34(46)21-14-27(41)32(44)28(42)15-21/h3-6,10-15,19,22,35-44H,1-2,7-9,16H2/t19-,22+/m0/s1. The Kier molecular flexibility index (Phi) is 11.0. The van der Waals surface area contributed by atoms with Gasteiger partial charge in [-0.1, -0.05) is 12.1 Å². The topological polar surface area (TPSA) is 255 Å². The van der Waals surface area contributed by atoms with Gasteiger partial charge in [-0.25, -0.2) is 9.59 Å². The maximum absolute atomic E-state index is 12.7. The normalized spacial score (nSPS) is 12.3. The Morgan fingerprint density at radius 3 is 1.31 bits per heavy atom. The van der Waals surface area contributed by atoms with E-state index in [-0.39, 0.29) is 59.7 Å². The van der Waals surface area contributed by atoms with Crippen LogP contribution in [-0.4, -0.2) is 76.2 Å². The fourth-order valence-corrected chi connectivity index (χ4v) is 5.14. The molecule has 0 aliphatic rings. The molecule has 4 aromatic rings. The van der Waals surface area contributed by atoms with Crippen molar-refractivity contribution in [2.75, 3.05) is 13.2 Å². The van der Waals surface area contributed by atoms with Crippen molar-refractivity contribution in [2.45, 2.75) is 25.7 Å². The number of hydrogen-bond acceptors (Lipinski definition) is 14. The molecule has 254 valence electrons. The van der Waals surface area contributed by atoms with E-state index in [4.69, 9.17) is 9.47 Å². The highest BCUT2D eigenvalue weighted by Gasteiger charge is 2.24. The molecule has 14 nitrogen and oxygen atoms in total. The van der Waals surface area contributed by atoms with E-state index in [0.29, 0.717) is 30.4 Å². The summed E-state index contributed by atoms with van der Waals surface area (Å²) in [4.78, 5) is 25.3. The van der Waals surface area contributed by atoms with Crippen LogP contribution in [0.5, 0.6) is 57.5 Å². The molecule has 0 bridgehead atoms. The van der Waals surface area contributed by atoms with Crippen LogP contribution in [0, 0.1) is 11.8 Å². The summed E-state index contributed by atoms with van der Waals surface area (Å²) in [5.41, 5.74) is 0.546. The minimum atomic E-state index is -1.05. The van der Waals surface area contributed by atoms with Crippen molar-refractivity contribution in [2.24, 2.45) is 11.8 Å². The first-order valence-corrected chi connectivity index (χ1v) is 14.6. The molecule has 2 atom stereocenters. The SMILES string of the molecule is O=C(Oc1cc(C[C@H](CO)[C@@H](CCCO)Cc2ccc(O)c(OC(=O)c3cc(O)c(O)c(O)c3)c2)ccc1O)c1cc(O)c(O)c(O)c1. The summed E-state index contributed by atoms with van der Waals surface area (Å²) in [5.74, 6) is -8.68. The number of rotatable bonds is 13. The van der Waals surface area contributed by atoms with Gasteiger partial charge in [0.2, 0.25) is 0 Å². The van der Waals surface area contributed by atoms with Gasteiger partial charge in [-0.05, 0) is 97.2 Å². The molecule has 0 aromatic heterocycles. The van der Waals surface area contributed by atoms with Crippen molar-refractivity contribution in [3.8, 4) is 57.5 Å². The first-order chi connectivity index (χ1) is 22.8. The van der Waals surface area contributed by atoms with Crippen LogP contribution in [0.15, 0.2) is 60.7 Å². The molecule has 14 heteroatoms. The van der Waals surface area contributed by atoms with Gasteiger partial charge in [0.15, 0.2) is 57.5 Å². The lowest BCUT2D eigenvalue weighted by Gasteiger charge is -2.26. The zero-order valence-corrected chi connectivity index (χ0v) is 25.3. The van der Waals surface area contributed by atoms with E-state index in [9.17, 15) is 60.7 Å². The van der Waals surface area contributed by atoms with Gasteiger partial charge in [0.05, 0.1) is 11.1 Å². The summed E-state index contributed by atoms with van der Waals surface area (Å²) in [5, 5.41) is 98.6. The number of phenols is 8.